The highest BCUT2D eigenvalue weighted by atomic mass is 16.3. The van der Waals surface area contributed by atoms with Crippen molar-refractivity contribution in [3.8, 4) is 0 Å². The van der Waals surface area contributed by atoms with Crippen LogP contribution in [0.3, 0.4) is 0 Å². The van der Waals surface area contributed by atoms with Gasteiger partial charge in [-0.1, -0.05) is 0 Å². The molecule has 1 aliphatic heterocycles. The molecule has 48 valence electrons. The van der Waals surface area contributed by atoms with Crippen molar-refractivity contribution in [1.29, 1.82) is 0 Å². The van der Waals surface area contributed by atoms with Crippen molar-refractivity contribution in [1.82, 2.24) is 9.80 Å². The summed E-state index contributed by atoms with van der Waals surface area (Å²) in [5.41, 5.74) is 0. The second kappa shape index (κ2) is 2.44. The first-order valence-corrected chi connectivity index (χ1v) is 2.84. The summed E-state index contributed by atoms with van der Waals surface area (Å²) in [6.07, 6.45) is 0. The van der Waals surface area contributed by atoms with Crippen LogP contribution in [-0.2, 0) is 0 Å². The van der Waals surface area contributed by atoms with E-state index in [1.165, 1.54) is 0 Å². The molecular formula is C5H12N2O. The number of rotatable bonds is 1. The third kappa shape index (κ3) is 1.18. The molecule has 1 rings (SSSR count). The molecule has 0 unspecified atom stereocenters. The highest BCUT2D eigenvalue weighted by Crippen LogP contribution is 1.98. The summed E-state index contributed by atoms with van der Waals surface area (Å²) in [6, 6.07) is 0. The van der Waals surface area contributed by atoms with E-state index in [4.69, 9.17) is 5.11 Å². The standard InChI is InChI=1S/C5H12N2O/c1-6-2-3-7(4-6)5-8/h8H,2-5H2,1H3. The zero-order valence-corrected chi connectivity index (χ0v) is 5.17. The van der Waals surface area contributed by atoms with Gasteiger partial charge < -0.3 is 5.11 Å². The van der Waals surface area contributed by atoms with E-state index in [0.29, 0.717) is 0 Å². The predicted molar refractivity (Wildman–Crippen MR) is 31.3 cm³/mol. The van der Waals surface area contributed by atoms with Gasteiger partial charge in [-0.2, -0.15) is 0 Å². The summed E-state index contributed by atoms with van der Waals surface area (Å²) in [6.45, 7) is 3.20. The summed E-state index contributed by atoms with van der Waals surface area (Å²) in [5, 5.41) is 8.58. The third-order valence-corrected chi connectivity index (χ3v) is 1.44. The van der Waals surface area contributed by atoms with Gasteiger partial charge in [0.15, 0.2) is 0 Å². The predicted octanol–water partition coefficient (Wildman–Crippen LogP) is -0.859. The molecule has 0 aromatic carbocycles. The molecule has 8 heavy (non-hydrogen) atoms. The Morgan fingerprint density at radius 2 is 2.25 bits per heavy atom. The van der Waals surface area contributed by atoms with E-state index in [1.54, 1.807) is 0 Å². The lowest BCUT2D eigenvalue weighted by Gasteiger charge is -2.09. The van der Waals surface area contributed by atoms with Gasteiger partial charge in [0.2, 0.25) is 0 Å². The molecule has 0 aliphatic carbocycles. The second-order valence-electron chi connectivity index (χ2n) is 2.26. The van der Waals surface area contributed by atoms with Crippen LogP contribution >= 0.6 is 0 Å². The molecular weight excluding hydrogens is 104 g/mol. The van der Waals surface area contributed by atoms with E-state index in [-0.39, 0.29) is 6.73 Å². The number of hydrogen-bond acceptors (Lipinski definition) is 3. The van der Waals surface area contributed by atoms with Gasteiger partial charge in [0, 0.05) is 13.1 Å². The Morgan fingerprint density at radius 1 is 1.50 bits per heavy atom. The lowest BCUT2D eigenvalue weighted by atomic mass is 10.6. The SMILES string of the molecule is CN1CCN(CO)C1. The Morgan fingerprint density at radius 3 is 2.50 bits per heavy atom. The van der Waals surface area contributed by atoms with Crippen LogP contribution in [-0.4, -0.2) is 48.4 Å². The normalized spacial score (nSPS) is 24.8. The van der Waals surface area contributed by atoms with Gasteiger partial charge in [0.05, 0.1) is 13.4 Å². The van der Waals surface area contributed by atoms with Crippen molar-refractivity contribution >= 4 is 0 Å². The topological polar surface area (TPSA) is 26.7 Å². The first-order chi connectivity index (χ1) is 3.83. The molecule has 0 spiro atoms. The Bertz CT molecular complexity index is 76.8. The zero-order valence-electron chi connectivity index (χ0n) is 5.17. The van der Waals surface area contributed by atoms with Crippen LogP contribution in [0.4, 0.5) is 0 Å². The molecule has 0 saturated carbocycles. The fraction of sp³-hybridized carbons (Fsp3) is 1.00. The van der Waals surface area contributed by atoms with Gasteiger partial charge in [-0.25, -0.2) is 0 Å². The Balaban J connectivity index is 2.22. The Hall–Kier alpha value is -0.120. The monoisotopic (exact) mass is 116 g/mol. The van der Waals surface area contributed by atoms with Gasteiger partial charge in [-0.05, 0) is 7.05 Å². The van der Waals surface area contributed by atoms with Gasteiger partial charge in [-0.15, -0.1) is 0 Å². The molecule has 0 radical (unpaired) electrons. The summed E-state index contributed by atoms with van der Waals surface area (Å²) < 4.78 is 0. The maximum Gasteiger partial charge on any atom is 0.0967 e. The van der Waals surface area contributed by atoms with E-state index in [2.05, 4.69) is 11.9 Å². The van der Waals surface area contributed by atoms with E-state index >= 15 is 0 Å². The number of aliphatic hydroxyl groups is 1. The van der Waals surface area contributed by atoms with Crippen LogP contribution in [0, 0.1) is 0 Å². The maximum absolute atomic E-state index is 8.58. The largest absolute Gasteiger partial charge is 0.381 e. The first-order valence-electron chi connectivity index (χ1n) is 2.84. The number of hydrogen-bond donors (Lipinski definition) is 1. The van der Waals surface area contributed by atoms with Gasteiger partial charge >= 0.3 is 0 Å². The minimum atomic E-state index is 0.199. The molecule has 3 nitrogen and oxygen atoms in total. The smallest absolute Gasteiger partial charge is 0.0967 e. The molecule has 1 aliphatic rings. The number of nitrogens with zero attached hydrogens (tertiary/aromatic N) is 2. The van der Waals surface area contributed by atoms with Crippen molar-refractivity contribution in [2.45, 2.75) is 0 Å². The Kier molecular flexibility index (Phi) is 1.83. The molecule has 0 amide bonds. The molecule has 0 aromatic heterocycles. The minimum Gasteiger partial charge on any atom is -0.381 e. The molecule has 1 N–H and O–H groups in total. The van der Waals surface area contributed by atoms with Gasteiger partial charge in [0.25, 0.3) is 0 Å². The van der Waals surface area contributed by atoms with Crippen LogP contribution in [0.15, 0.2) is 0 Å². The number of likely N-dealkylation sites (N-methyl/N-ethyl adjacent to an activating group) is 1. The van der Waals surface area contributed by atoms with E-state index in [0.717, 1.165) is 19.8 Å². The van der Waals surface area contributed by atoms with Gasteiger partial charge in [0.1, 0.15) is 0 Å². The average molecular weight is 116 g/mol. The molecule has 1 fully saturated rings. The minimum absolute atomic E-state index is 0.199. The molecule has 0 bridgehead atoms. The quantitative estimate of drug-likeness (QED) is 0.483. The fourth-order valence-corrected chi connectivity index (χ4v) is 0.910. The van der Waals surface area contributed by atoms with Crippen LogP contribution in [0.25, 0.3) is 0 Å². The van der Waals surface area contributed by atoms with Crippen molar-refractivity contribution in [3.05, 3.63) is 0 Å². The van der Waals surface area contributed by atoms with Crippen molar-refractivity contribution in [2.24, 2.45) is 0 Å². The zero-order chi connectivity index (χ0) is 5.98. The second-order valence-corrected chi connectivity index (χ2v) is 2.26. The van der Waals surface area contributed by atoms with E-state index < -0.39 is 0 Å². The summed E-state index contributed by atoms with van der Waals surface area (Å²) in [5.74, 6) is 0. The number of aliphatic hydroxyl groups excluding tert-OH is 1. The van der Waals surface area contributed by atoms with Crippen LogP contribution in [0.2, 0.25) is 0 Å². The van der Waals surface area contributed by atoms with Crippen LogP contribution in [0.5, 0.6) is 0 Å². The molecule has 0 aromatic rings. The molecule has 1 heterocycles. The molecule has 1 saturated heterocycles. The lowest BCUT2D eigenvalue weighted by molar-refractivity contribution is 0.116. The summed E-state index contributed by atoms with van der Waals surface area (Å²) in [4.78, 5) is 4.16. The van der Waals surface area contributed by atoms with Crippen molar-refractivity contribution in [2.75, 3.05) is 33.5 Å². The summed E-state index contributed by atoms with van der Waals surface area (Å²) >= 11 is 0. The lowest BCUT2D eigenvalue weighted by Crippen LogP contribution is -2.23. The van der Waals surface area contributed by atoms with Crippen molar-refractivity contribution in [3.63, 3.8) is 0 Å². The third-order valence-electron chi connectivity index (χ3n) is 1.44. The van der Waals surface area contributed by atoms with E-state index in [1.807, 2.05) is 4.90 Å². The first kappa shape index (κ1) is 6.01. The average Bonchev–Trinajstić information content (AvgIpc) is 2.14. The van der Waals surface area contributed by atoms with Gasteiger partial charge in [-0.3, -0.25) is 9.80 Å². The highest BCUT2D eigenvalue weighted by Gasteiger charge is 2.13. The summed E-state index contributed by atoms with van der Waals surface area (Å²) in [7, 11) is 2.05. The fourth-order valence-electron chi connectivity index (χ4n) is 0.910. The van der Waals surface area contributed by atoms with Crippen LogP contribution < -0.4 is 0 Å². The van der Waals surface area contributed by atoms with Crippen LogP contribution in [0.1, 0.15) is 0 Å². The molecule has 3 heteroatoms. The van der Waals surface area contributed by atoms with Crippen molar-refractivity contribution < 1.29 is 5.11 Å². The Labute approximate surface area is 49.5 Å². The molecule has 0 atom stereocenters. The van der Waals surface area contributed by atoms with E-state index in [9.17, 15) is 0 Å². The maximum atomic E-state index is 8.58. The highest BCUT2D eigenvalue weighted by molar-refractivity contribution is 4.63.